The number of amides is 3. The Labute approximate surface area is 237 Å². The molecule has 40 heavy (non-hydrogen) atoms. The Bertz CT molecular complexity index is 1360. The molecule has 2 aromatic heterocycles. The van der Waals surface area contributed by atoms with E-state index in [1.807, 2.05) is 18.2 Å². The van der Waals surface area contributed by atoms with Crippen molar-refractivity contribution in [2.45, 2.75) is 49.8 Å². The van der Waals surface area contributed by atoms with Gasteiger partial charge in [0.05, 0.1) is 28.0 Å². The second-order valence-electron chi connectivity index (χ2n) is 10.4. The molecule has 5 rings (SSSR count). The Morgan fingerprint density at radius 1 is 1.18 bits per heavy atom. The van der Waals surface area contributed by atoms with Crippen molar-refractivity contribution in [2.75, 3.05) is 24.3 Å². The molecule has 4 N–H and O–H groups in total. The summed E-state index contributed by atoms with van der Waals surface area (Å²) in [7, 11) is 1.52. The zero-order chi connectivity index (χ0) is 28.3. The van der Waals surface area contributed by atoms with Gasteiger partial charge < -0.3 is 20.7 Å². The monoisotopic (exact) mass is 566 g/mol. The van der Waals surface area contributed by atoms with Crippen LogP contribution in [-0.2, 0) is 15.1 Å². The lowest BCUT2D eigenvalue weighted by Gasteiger charge is -2.30. The van der Waals surface area contributed by atoms with E-state index in [1.54, 1.807) is 30.5 Å². The maximum Gasteiger partial charge on any atom is 0.323 e. The molecule has 0 bridgehead atoms. The van der Waals surface area contributed by atoms with Gasteiger partial charge in [-0.2, -0.15) is 0 Å². The highest BCUT2D eigenvalue weighted by Gasteiger charge is 2.41. The van der Waals surface area contributed by atoms with E-state index in [0.717, 1.165) is 6.42 Å². The van der Waals surface area contributed by atoms with Gasteiger partial charge in [-0.15, -0.1) is 0 Å². The lowest BCUT2D eigenvalue weighted by molar-refractivity contribution is -0.119. The van der Waals surface area contributed by atoms with E-state index in [2.05, 4.69) is 20.6 Å². The van der Waals surface area contributed by atoms with Crippen molar-refractivity contribution in [3.63, 3.8) is 0 Å². The quantitative estimate of drug-likeness (QED) is 0.338. The van der Waals surface area contributed by atoms with Gasteiger partial charge in [0.25, 0.3) is 0 Å². The van der Waals surface area contributed by atoms with E-state index in [4.69, 9.17) is 22.1 Å². The van der Waals surface area contributed by atoms with Crippen molar-refractivity contribution in [1.82, 2.24) is 14.9 Å². The molecule has 11 heteroatoms. The molecular weight excluding hydrogens is 535 g/mol. The molecule has 1 saturated carbocycles. The predicted molar refractivity (Wildman–Crippen MR) is 150 cm³/mol. The first-order valence-electron chi connectivity index (χ1n) is 13.3. The topological polar surface area (TPSA) is 122 Å². The normalized spacial score (nSPS) is 20.1. The van der Waals surface area contributed by atoms with Crippen molar-refractivity contribution >= 4 is 35.0 Å². The Morgan fingerprint density at radius 3 is 2.67 bits per heavy atom. The molecule has 210 valence electrons. The number of methoxy groups -OCH3 is 1. The summed E-state index contributed by atoms with van der Waals surface area (Å²) in [5.74, 6) is -0.214. The molecule has 9 nitrogen and oxygen atoms in total. The number of nitrogens with one attached hydrogen (secondary N) is 2. The molecule has 3 atom stereocenters. The summed E-state index contributed by atoms with van der Waals surface area (Å²) in [6.07, 6.45) is 6.92. The van der Waals surface area contributed by atoms with Crippen LogP contribution in [0.25, 0.3) is 0 Å². The van der Waals surface area contributed by atoms with Crippen LogP contribution in [0, 0.1) is 11.7 Å². The summed E-state index contributed by atoms with van der Waals surface area (Å²) < 4.78 is 20.5. The summed E-state index contributed by atoms with van der Waals surface area (Å²) in [6.45, 7) is 0.184. The lowest BCUT2D eigenvalue weighted by Crippen LogP contribution is -2.45. The number of carbonyl (C=O) groups excluding carboxylic acids is 2. The molecule has 1 saturated heterocycles. The Kier molecular flexibility index (Phi) is 8.30. The van der Waals surface area contributed by atoms with Crippen molar-refractivity contribution in [3.8, 4) is 0 Å². The summed E-state index contributed by atoms with van der Waals surface area (Å²) in [5, 5.41) is 5.80. The van der Waals surface area contributed by atoms with Gasteiger partial charge in [0, 0.05) is 32.5 Å². The second-order valence-corrected chi connectivity index (χ2v) is 10.8. The van der Waals surface area contributed by atoms with Crippen LogP contribution in [0.2, 0.25) is 5.02 Å². The number of carbonyl (C=O) groups is 2. The third-order valence-electron chi connectivity index (χ3n) is 7.63. The van der Waals surface area contributed by atoms with Crippen LogP contribution in [0.15, 0.2) is 60.9 Å². The number of anilines is 2. The fourth-order valence-corrected chi connectivity index (χ4v) is 5.18. The number of rotatable bonds is 9. The minimum atomic E-state index is -0.955. The number of ether oxygens (including phenoxy) is 1. The molecule has 3 aromatic rings. The van der Waals surface area contributed by atoms with Crippen molar-refractivity contribution < 1.29 is 18.7 Å². The molecule has 2 aliphatic rings. The van der Waals surface area contributed by atoms with Crippen LogP contribution >= 0.6 is 11.6 Å². The number of nitrogens with zero attached hydrogens (tertiary/aromatic N) is 3. The minimum Gasteiger partial charge on any atom is -0.380 e. The van der Waals surface area contributed by atoms with E-state index in [-0.39, 0.29) is 30.6 Å². The number of hydrogen-bond donors (Lipinski definition) is 3. The maximum absolute atomic E-state index is 15.0. The van der Waals surface area contributed by atoms with Crippen LogP contribution < -0.4 is 16.4 Å². The molecule has 1 aromatic carbocycles. The van der Waals surface area contributed by atoms with Crippen LogP contribution in [0.4, 0.5) is 20.7 Å². The predicted octanol–water partition coefficient (Wildman–Crippen LogP) is 4.92. The van der Waals surface area contributed by atoms with Crippen molar-refractivity contribution in [2.24, 2.45) is 11.7 Å². The second kappa shape index (κ2) is 11.9. The Hall–Kier alpha value is -3.60. The first-order chi connectivity index (χ1) is 19.3. The fraction of sp³-hybridized carbons (Fsp3) is 0.379. The molecule has 3 amide bonds. The number of nitrogens with two attached hydrogens (primary N) is 1. The lowest BCUT2D eigenvalue weighted by atomic mass is 9.82. The minimum absolute atomic E-state index is 0.0136. The van der Waals surface area contributed by atoms with Crippen LogP contribution in [0.5, 0.6) is 0 Å². The van der Waals surface area contributed by atoms with Crippen LogP contribution in [0.1, 0.15) is 43.4 Å². The van der Waals surface area contributed by atoms with E-state index in [0.29, 0.717) is 28.6 Å². The van der Waals surface area contributed by atoms with E-state index < -0.39 is 29.3 Å². The fourth-order valence-electron chi connectivity index (χ4n) is 5.07. The number of urea groups is 1. The standard InChI is InChI=1S/C29H32ClFN6O3/c1-40-21-15-24(37(17-21)28(39)36-26-10-8-20(30)16-34-26)27(38)35-23-14-19(7-9-22(23)31)29(32,12-11-18-5-6-18)25-4-2-3-13-33-25/h2-4,7-10,13-14,16,18,21,24H,5-6,11-12,15,17,32H2,1H3,(H,35,38)(H,34,36,39)/t21-,24?,29?/m1/s1. The third-order valence-corrected chi connectivity index (χ3v) is 7.85. The van der Waals surface area contributed by atoms with Crippen molar-refractivity contribution in [1.29, 1.82) is 0 Å². The summed E-state index contributed by atoms with van der Waals surface area (Å²) in [4.78, 5) is 36.5. The molecule has 1 aliphatic heterocycles. The third kappa shape index (κ3) is 6.24. The van der Waals surface area contributed by atoms with E-state index >= 15 is 4.39 Å². The van der Waals surface area contributed by atoms with Gasteiger partial charge in [-0.05, 0) is 60.7 Å². The number of benzene rings is 1. The summed E-state index contributed by atoms with van der Waals surface area (Å²) >= 11 is 5.88. The SMILES string of the molecule is CO[C@@H]1CC(C(=O)Nc2cc(C(N)(CCC3CC3)c3ccccn3)ccc2F)N(C(=O)Nc2ccc(Cl)cn2)C1. The Balaban J connectivity index is 1.37. The molecule has 0 radical (unpaired) electrons. The van der Waals surface area contributed by atoms with Gasteiger partial charge in [-0.3, -0.25) is 15.1 Å². The number of aromatic nitrogens is 2. The smallest absolute Gasteiger partial charge is 0.323 e. The molecule has 0 spiro atoms. The molecule has 1 aliphatic carbocycles. The maximum atomic E-state index is 15.0. The van der Waals surface area contributed by atoms with Gasteiger partial charge in [0.15, 0.2) is 0 Å². The van der Waals surface area contributed by atoms with Gasteiger partial charge in [-0.1, -0.05) is 36.6 Å². The Morgan fingerprint density at radius 2 is 2.00 bits per heavy atom. The average Bonchev–Trinajstić information content (AvgIpc) is 3.70. The first-order valence-corrected chi connectivity index (χ1v) is 13.7. The van der Waals surface area contributed by atoms with Crippen LogP contribution in [-0.4, -0.2) is 52.6 Å². The molecule has 2 fully saturated rings. The van der Waals surface area contributed by atoms with Crippen LogP contribution in [0.3, 0.4) is 0 Å². The molecular formula is C29H32ClFN6O3. The van der Waals surface area contributed by atoms with Gasteiger partial charge in [-0.25, -0.2) is 14.2 Å². The number of pyridine rings is 2. The highest BCUT2D eigenvalue weighted by atomic mass is 35.5. The highest BCUT2D eigenvalue weighted by Crippen LogP contribution is 2.40. The molecule has 2 unspecified atom stereocenters. The number of halogens is 2. The van der Waals surface area contributed by atoms with Gasteiger partial charge in [0.2, 0.25) is 5.91 Å². The first kappa shape index (κ1) is 27.9. The number of hydrogen-bond acceptors (Lipinski definition) is 6. The largest absolute Gasteiger partial charge is 0.380 e. The summed E-state index contributed by atoms with van der Waals surface area (Å²) in [5.41, 5.74) is 7.33. The average molecular weight is 567 g/mol. The zero-order valence-electron chi connectivity index (χ0n) is 22.1. The van der Waals surface area contributed by atoms with E-state index in [1.165, 1.54) is 37.1 Å². The summed E-state index contributed by atoms with van der Waals surface area (Å²) in [6, 6.07) is 11.8. The zero-order valence-corrected chi connectivity index (χ0v) is 22.9. The van der Waals surface area contributed by atoms with Gasteiger partial charge in [0.1, 0.15) is 17.7 Å². The number of likely N-dealkylation sites (tertiary alicyclic amines) is 1. The highest BCUT2D eigenvalue weighted by molar-refractivity contribution is 6.30. The molecule has 3 heterocycles. The van der Waals surface area contributed by atoms with Crippen molar-refractivity contribution in [3.05, 3.63) is 83.0 Å². The van der Waals surface area contributed by atoms with E-state index in [9.17, 15) is 9.59 Å². The van der Waals surface area contributed by atoms with Gasteiger partial charge >= 0.3 is 6.03 Å².